The second-order valence-corrected chi connectivity index (χ2v) is 10.8. The summed E-state index contributed by atoms with van der Waals surface area (Å²) in [6, 6.07) is 31.5. The van der Waals surface area contributed by atoms with Crippen molar-refractivity contribution in [2.45, 2.75) is 50.6 Å². The van der Waals surface area contributed by atoms with E-state index >= 15 is 0 Å². The molecule has 0 saturated heterocycles. The largest absolute Gasteiger partial charge is 0.508 e. The molecule has 2 N–H and O–H groups in total. The summed E-state index contributed by atoms with van der Waals surface area (Å²) in [6.45, 7) is 0. The zero-order chi connectivity index (χ0) is 28.2. The Morgan fingerprint density at radius 3 is 2.22 bits per heavy atom. The van der Waals surface area contributed by atoms with E-state index in [0.29, 0.717) is 16.7 Å². The minimum absolute atomic E-state index is 0.0996. The number of carbonyl (C=O) groups is 1. The molecule has 6 nitrogen and oxygen atoms in total. The number of benzene rings is 4. The van der Waals surface area contributed by atoms with Crippen LogP contribution in [0.15, 0.2) is 108 Å². The van der Waals surface area contributed by atoms with Gasteiger partial charge < -0.3 is 10.4 Å². The van der Waals surface area contributed by atoms with E-state index in [0.717, 1.165) is 47.9 Å². The second-order valence-electron chi connectivity index (χ2n) is 10.8. The molecule has 5 aromatic rings. The molecule has 41 heavy (non-hydrogen) atoms. The SMILES string of the molecule is O=C(NC1CCCCC1)C(c1ccc(-c2ccccc2)cc1)n1c(=O)c(Cc2ccc(O)cc2)nc2ccccc21. The number of hydrogen-bond donors (Lipinski definition) is 2. The van der Waals surface area contributed by atoms with Crippen LogP contribution in [0.3, 0.4) is 0 Å². The Morgan fingerprint density at radius 2 is 1.49 bits per heavy atom. The molecule has 1 aliphatic rings. The number of fused-ring (bicyclic) bond motifs is 1. The van der Waals surface area contributed by atoms with Crippen molar-refractivity contribution in [2.75, 3.05) is 0 Å². The molecular formula is C35H33N3O3. The van der Waals surface area contributed by atoms with E-state index in [1.807, 2.05) is 66.7 Å². The van der Waals surface area contributed by atoms with Gasteiger partial charge in [-0.3, -0.25) is 14.2 Å². The Morgan fingerprint density at radius 1 is 0.829 bits per heavy atom. The third-order valence-electron chi connectivity index (χ3n) is 7.96. The van der Waals surface area contributed by atoms with Gasteiger partial charge in [0.25, 0.3) is 5.56 Å². The van der Waals surface area contributed by atoms with Crippen molar-refractivity contribution in [3.8, 4) is 16.9 Å². The number of aromatic hydroxyl groups is 1. The first-order chi connectivity index (χ1) is 20.1. The standard InChI is InChI=1S/C35H33N3O3/c39-29-21-15-24(16-22-29)23-31-35(41)38(32-14-8-7-13-30(32)37-31)33(34(40)36-28-11-5-2-6-12-28)27-19-17-26(18-20-27)25-9-3-1-4-10-25/h1,3-4,7-10,13-22,28,33,39H,2,5-6,11-12,23H2,(H,36,40). The molecule has 0 aliphatic heterocycles. The minimum Gasteiger partial charge on any atom is -0.508 e. The Bertz CT molecular complexity index is 1700. The summed E-state index contributed by atoms with van der Waals surface area (Å²) in [5.41, 5.74) is 5.04. The molecule has 1 aliphatic carbocycles. The van der Waals surface area contributed by atoms with Crippen LogP contribution in [0.4, 0.5) is 0 Å². The van der Waals surface area contributed by atoms with Crippen molar-refractivity contribution >= 4 is 16.9 Å². The number of para-hydroxylation sites is 2. The molecule has 0 radical (unpaired) electrons. The molecule has 0 bridgehead atoms. The zero-order valence-corrected chi connectivity index (χ0v) is 22.9. The minimum atomic E-state index is -0.860. The van der Waals surface area contributed by atoms with Crippen molar-refractivity contribution in [1.29, 1.82) is 0 Å². The number of phenols is 1. The Kier molecular flexibility index (Phi) is 7.63. The summed E-state index contributed by atoms with van der Waals surface area (Å²) >= 11 is 0. The summed E-state index contributed by atoms with van der Waals surface area (Å²) in [6.07, 6.45) is 5.55. The van der Waals surface area contributed by atoms with Crippen LogP contribution in [0.2, 0.25) is 0 Å². The van der Waals surface area contributed by atoms with Crippen LogP contribution >= 0.6 is 0 Å². The average molecular weight is 544 g/mol. The molecule has 6 rings (SSSR count). The summed E-state index contributed by atoms with van der Waals surface area (Å²) < 4.78 is 1.62. The van der Waals surface area contributed by atoms with Gasteiger partial charge in [0.05, 0.1) is 11.0 Å². The van der Waals surface area contributed by atoms with E-state index in [9.17, 15) is 14.7 Å². The lowest BCUT2D eigenvalue weighted by Crippen LogP contribution is -2.44. The summed E-state index contributed by atoms with van der Waals surface area (Å²) in [5, 5.41) is 13.0. The van der Waals surface area contributed by atoms with Crippen LogP contribution in [0, 0.1) is 0 Å². The Labute approximate surface area is 239 Å². The van der Waals surface area contributed by atoms with E-state index in [4.69, 9.17) is 4.98 Å². The van der Waals surface area contributed by atoms with Crippen molar-refractivity contribution < 1.29 is 9.90 Å². The van der Waals surface area contributed by atoms with Gasteiger partial charge in [0.1, 0.15) is 17.5 Å². The third kappa shape index (κ3) is 5.78. The normalized spacial score (nSPS) is 14.5. The number of amides is 1. The lowest BCUT2D eigenvalue weighted by Gasteiger charge is -2.27. The van der Waals surface area contributed by atoms with Gasteiger partial charge in [-0.05, 0) is 59.4 Å². The highest BCUT2D eigenvalue weighted by atomic mass is 16.3. The first-order valence-corrected chi connectivity index (χ1v) is 14.3. The Balaban J connectivity index is 1.48. The molecule has 0 spiro atoms. The first kappa shape index (κ1) is 26.5. The van der Waals surface area contributed by atoms with Crippen LogP contribution < -0.4 is 10.9 Å². The maximum atomic E-state index is 14.2. The molecule has 1 aromatic heterocycles. The van der Waals surface area contributed by atoms with E-state index in [2.05, 4.69) is 17.4 Å². The summed E-state index contributed by atoms with van der Waals surface area (Å²) in [5.74, 6) is -0.0190. The molecule has 4 aromatic carbocycles. The van der Waals surface area contributed by atoms with Crippen LogP contribution in [0.1, 0.15) is 55.0 Å². The van der Waals surface area contributed by atoms with Crippen molar-refractivity contribution in [2.24, 2.45) is 0 Å². The number of hydrogen-bond acceptors (Lipinski definition) is 4. The zero-order valence-electron chi connectivity index (χ0n) is 22.9. The quantitative estimate of drug-likeness (QED) is 0.249. The smallest absolute Gasteiger partial charge is 0.274 e. The molecular weight excluding hydrogens is 510 g/mol. The lowest BCUT2D eigenvalue weighted by atomic mass is 9.94. The van der Waals surface area contributed by atoms with Crippen molar-refractivity contribution in [3.63, 3.8) is 0 Å². The molecule has 1 fully saturated rings. The lowest BCUT2D eigenvalue weighted by molar-refractivity contribution is -0.124. The number of phenolic OH excluding ortho intramolecular Hbond substituents is 1. The predicted molar refractivity (Wildman–Crippen MR) is 162 cm³/mol. The summed E-state index contributed by atoms with van der Waals surface area (Å²) in [7, 11) is 0. The van der Waals surface area contributed by atoms with Crippen LogP contribution in [0.5, 0.6) is 5.75 Å². The topological polar surface area (TPSA) is 84.2 Å². The van der Waals surface area contributed by atoms with Gasteiger partial charge in [-0.1, -0.05) is 98.1 Å². The molecule has 1 heterocycles. The van der Waals surface area contributed by atoms with Gasteiger partial charge in [0, 0.05) is 12.5 Å². The van der Waals surface area contributed by atoms with Gasteiger partial charge in [0.2, 0.25) is 5.91 Å². The number of aromatic nitrogens is 2. The number of carbonyl (C=O) groups excluding carboxylic acids is 1. The highest BCUT2D eigenvalue weighted by Crippen LogP contribution is 2.27. The highest BCUT2D eigenvalue weighted by Gasteiger charge is 2.29. The van der Waals surface area contributed by atoms with Gasteiger partial charge in [-0.25, -0.2) is 4.98 Å². The molecule has 1 atom stereocenters. The van der Waals surface area contributed by atoms with Gasteiger partial charge >= 0.3 is 0 Å². The van der Waals surface area contributed by atoms with Crippen molar-refractivity contribution in [1.82, 2.24) is 14.9 Å². The monoisotopic (exact) mass is 543 g/mol. The van der Waals surface area contributed by atoms with Crippen LogP contribution in [0.25, 0.3) is 22.2 Å². The first-order valence-electron chi connectivity index (χ1n) is 14.3. The molecule has 1 saturated carbocycles. The maximum Gasteiger partial charge on any atom is 0.274 e. The molecule has 1 unspecified atom stereocenters. The second kappa shape index (κ2) is 11.8. The average Bonchev–Trinajstić information content (AvgIpc) is 3.01. The fourth-order valence-corrected chi connectivity index (χ4v) is 5.82. The number of rotatable bonds is 7. The van der Waals surface area contributed by atoms with E-state index < -0.39 is 6.04 Å². The maximum absolute atomic E-state index is 14.2. The molecule has 1 amide bonds. The third-order valence-corrected chi connectivity index (χ3v) is 7.96. The van der Waals surface area contributed by atoms with E-state index in [-0.39, 0.29) is 29.7 Å². The number of nitrogens with one attached hydrogen (secondary N) is 1. The highest BCUT2D eigenvalue weighted by molar-refractivity contribution is 5.87. The molecule has 206 valence electrons. The van der Waals surface area contributed by atoms with Crippen LogP contribution in [-0.4, -0.2) is 26.6 Å². The van der Waals surface area contributed by atoms with Crippen molar-refractivity contribution in [3.05, 3.63) is 130 Å². The van der Waals surface area contributed by atoms with E-state index in [1.165, 1.54) is 6.42 Å². The number of nitrogens with zero attached hydrogens (tertiary/aromatic N) is 2. The predicted octanol–water partition coefficient (Wildman–Crippen LogP) is 6.40. The van der Waals surface area contributed by atoms with Gasteiger partial charge in [-0.2, -0.15) is 0 Å². The van der Waals surface area contributed by atoms with Gasteiger partial charge in [0.15, 0.2) is 0 Å². The van der Waals surface area contributed by atoms with E-state index in [1.54, 1.807) is 28.8 Å². The summed E-state index contributed by atoms with van der Waals surface area (Å²) in [4.78, 5) is 33.1. The fraction of sp³-hybridized carbons (Fsp3) is 0.229. The fourth-order valence-electron chi connectivity index (χ4n) is 5.82. The van der Waals surface area contributed by atoms with Gasteiger partial charge in [-0.15, -0.1) is 0 Å². The van der Waals surface area contributed by atoms with Crippen LogP contribution in [-0.2, 0) is 11.2 Å². The Hall–Kier alpha value is -4.71. The molecule has 6 heteroatoms.